The Balaban J connectivity index is 2.62. The minimum atomic E-state index is -0.830. The van der Waals surface area contributed by atoms with Crippen LogP contribution in [-0.2, 0) is 9.63 Å². The van der Waals surface area contributed by atoms with Crippen LogP contribution in [0, 0.1) is 11.3 Å². The standard InChI is InChI=1S/C13H25NO3/c1-4-12(2,3)10-5-7-13(17-14,8-6-10)9-11(15)16/h10H,4-9,14H2,1-3H3,(H,15,16). The van der Waals surface area contributed by atoms with E-state index in [0.717, 1.165) is 32.1 Å². The molecule has 0 aromatic heterocycles. The third-order valence-electron chi connectivity index (χ3n) is 4.64. The van der Waals surface area contributed by atoms with Gasteiger partial charge in [0.15, 0.2) is 0 Å². The second-order valence-electron chi connectivity index (χ2n) is 5.99. The van der Waals surface area contributed by atoms with Gasteiger partial charge in [0.05, 0.1) is 12.0 Å². The molecule has 0 aromatic rings. The Hall–Kier alpha value is -0.610. The highest BCUT2D eigenvalue weighted by molar-refractivity contribution is 5.68. The summed E-state index contributed by atoms with van der Waals surface area (Å²) in [6.07, 6.45) is 4.68. The lowest BCUT2D eigenvalue weighted by Crippen LogP contribution is -2.43. The molecule has 1 aliphatic carbocycles. The predicted octanol–water partition coefficient (Wildman–Crippen LogP) is 2.72. The first-order valence-electron chi connectivity index (χ1n) is 6.45. The van der Waals surface area contributed by atoms with E-state index in [1.165, 1.54) is 0 Å². The highest BCUT2D eigenvalue weighted by atomic mass is 16.6. The predicted molar refractivity (Wildman–Crippen MR) is 66.3 cm³/mol. The van der Waals surface area contributed by atoms with E-state index >= 15 is 0 Å². The van der Waals surface area contributed by atoms with Gasteiger partial charge in [-0.2, -0.15) is 0 Å². The van der Waals surface area contributed by atoms with Crippen LogP contribution in [-0.4, -0.2) is 16.7 Å². The van der Waals surface area contributed by atoms with E-state index < -0.39 is 11.6 Å². The van der Waals surface area contributed by atoms with Crippen LogP contribution < -0.4 is 5.90 Å². The summed E-state index contributed by atoms with van der Waals surface area (Å²) in [6.45, 7) is 6.77. The number of rotatable bonds is 5. The zero-order valence-electron chi connectivity index (χ0n) is 11.2. The molecule has 0 heterocycles. The van der Waals surface area contributed by atoms with E-state index in [2.05, 4.69) is 20.8 Å². The van der Waals surface area contributed by atoms with Crippen molar-refractivity contribution in [2.75, 3.05) is 0 Å². The van der Waals surface area contributed by atoms with Gasteiger partial charge in [0.25, 0.3) is 0 Å². The third-order valence-corrected chi connectivity index (χ3v) is 4.64. The van der Waals surface area contributed by atoms with Gasteiger partial charge in [0.2, 0.25) is 0 Å². The van der Waals surface area contributed by atoms with Crippen molar-refractivity contribution in [3.8, 4) is 0 Å². The van der Waals surface area contributed by atoms with Gasteiger partial charge in [0.1, 0.15) is 0 Å². The molecule has 17 heavy (non-hydrogen) atoms. The van der Waals surface area contributed by atoms with Crippen LogP contribution in [0.5, 0.6) is 0 Å². The molecule has 4 nitrogen and oxygen atoms in total. The van der Waals surface area contributed by atoms with Crippen LogP contribution in [0.1, 0.15) is 59.3 Å². The zero-order valence-corrected chi connectivity index (χ0v) is 11.2. The van der Waals surface area contributed by atoms with Crippen LogP contribution in [0.3, 0.4) is 0 Å². The number of carboxylic acid groups (broad SMARTS) is 1. The first kappa shape index (κ1) is 14.5. The van der Waals surface area contributed by atoms with Crippen molar-refractivity contribution in [1.82, 2.24) is 0 Å². The van der Waals surface area contributed by atoms with Crippen LogP contribution in [0.2, 0.25) is 0 Å². The summed E-state index contributed by atoms with van der Waals surface area (Å²) in [7, 11) is 0. The second-order valence-corrected chi connectivity index (χ2v) is 5.99. The molecule has 4 heteroatoms. The van der Waals surface area contributed by atoms with E-state index in [9.17, 15) is 4.79 Å². The summed E-state index contributed by atoms with van der Waals surface area (Å²) in [6, 6.07) is 0. The van der Waals surface area contributed by atoms with Crippen molar-refractivity contribution in [2.45, 2.75) is 64.9 Å². The van der Waals surface area contributed by atoms with Crippen LogP contribution in [0.25, 0.3) is 0 Å². The molecule has 1 aliphatic rings. The first-order chi connectivity index (χ1) is 7.85. The molecule has 1 rings (SSSR count). The summed E-state index contributed by atoms with van der Waals surface area (Å²) in [5.74, 6) is 5.12. The lowest BCUT2D eigenvalue weighted by atomic mass is 9.66. The molecule has 0 unspecified atom stereocenters. The summed E-state index contributed by atoms with van der Waals surface area (Å²) in [5.41, 5.74) is -0.309. The zero-order chi connectivity index (χ0) is 13.1. The molecule has 0 spiro atoms. The number of hydrogen-bond acceptors (Lipinski definition) is 3. The van der Waals surface area contributed by atoms with Crippen molar-refractivity contribution in [2.24, 2.45) is 17.2 Å². The fourth-order valence-electron chi connectivity index (χ4n) is 2.83. The average Bonchev–Trinajstić information content (AvgIpc) is 2.29. The number of carbonyl (C=O) groups is 1. The van der Waals surface area contributed by atoms with E-state index in [1.54, 1.807) is 0 Å². The minimum Gasteiger partial charge on any atom is -0.481 e. The number of hydrogen-bond donors (Lipinski definition) is 2. The summed E-state index contributed by atoms with van der Waals surface area (Å²) >= 11 is 0. The van der Waals surface area contributed by atoms with Crippen molar-refractivity contribution >= 4 is 5.97 Å². The monoisotopic (exact) mass is 243 g/mol. The van der Waals surface area contributed by atoms with E-state index in [-0.39, 0.29) is 6.42 Å². The van der Waals surface area contributed by atoms with Crippen molar-refractivity contribution in [3.63, 3.8) is 0 Å². The molecule has 1 saturated carbocycles. The molecule has 1 fully saturated rings. The number of carboxylic acids is 1. The molecule has 0 amide bonds. The minimum absolute atomic E-state index is 0.0166. The molecule has 0 radical (unpaired) electrons. The molecule has 3 N–H and O–H groups in total. The van der Waals surface area contributed by atoms with Crippen LogP contribution >= 0.6 is 0 Å². The van der Waals surface area contributed by atoms with Gasteiger partial charge in [0, 0.05) is 0 Å². The lowest BCUT2D eigenvalue weighted by molar-refractivity contribution is -0.151. The summed E-state index contributed by atoms with van der Waals surface area (Å²) in [5, 5.41) is 8.90. The Bertz CT molecular complexity index is 268. The molecule has 0 aromatic carbocycles. The van der Waals surface area contributed by atoms with Gasteiger partial charge in [-0.25, -0.2) is 5.90 Å². The normalized spacial score (nSPS) is 30.2. The van der Waals surface area contributed by atoms with Gasteiger partial charge in [-0.3, -0.25) is 9.63 Å². The largest absolute Gasteiger partial charge is 0.481 e. The average molecular weight is 243 g/mol. The van der Waals surface area contributed by atoms with E-state index in [0.29, 0.717) is 11.3 Å². The molecule has 0 atom stereocenters. The summed E-state index contributed by atoms with van der Waals surface area (Å²) < 4.78 is 0. The SMILES string of the molecule is CCC(C)(C)C1CCC(CC(=O)O)(ON)CC1. The highest BCUT2D eigenvalue weighted by Crippen LogP contribution is 2.45. The Morgan fingerprint density at radius 3 is 2.35 bits per heavy atom. The molecule has 0 aliphatic heterocycles. The highest BCUT2D eigenvalue weighted by Gasteiger charge is 2.41. The third kappa shape index (κ3) is 3.42. The quantitative estimate of drug-likeness (QED) is 0.728. The van der Waals surface area contributed by atoms with Gasteiger partial charge in [-0.1, -0.05) is 27.2 Å². The Morgan fingerprint density at radius 2 is 2.00 bits per heavy atom. The number of nitrogens with two attached hydrogens (primary N) is 1. The van der Waals surface area contributed by atoms with Gasteiger partial charge < -0.3 is 5.11 Å². The topological polar surface area (TPSA) is 72.5 Å². The van der Waals surface area contributed by atoms with E-state index in [1.807, 2.05) is 0 Å². The fraction of sp³-hybridized carbons (Fsp3) is 0.923. The Kier molecular flexibility index (Phi) is 4.55. The van der Waals surface area contributed by atoms with Crippen molar-refractivity contribution in [1.29, 1.82) is 0 Å². The maximum atomic E-state index is 10.8. The Morgan fingerprint density at radius 1 is 1.47 bits per heavy atom. The molecule has 100 valence electrons. The van der Waals surface area contributed by atoms with E-state index in [4.69, 9.17) is 15.8 Å². The fourth-order valence-corrected chi connectivity index (χ4v) is 2.83. The summed E-state index contributed by atoms with van der Waals surface area (Å²) in [4.78, 5) is 15.8. The number of aliphatic carboxylic acids is 1. The van der Waals surface area contributed by atoms with Crippen molar-refractivity contribution < 1.29 is 14.7 Å². The Labute approximate surface area is 103 Å². The molecule has 0 bridgehead atoms. The lowest BCUT2D eigenvalue weighted by Gasteiger charge is -2.43. The van der Waals surface area contributed by atoms with Crippen molar-refractivity contribution in [3.05, 3.63) is 0 Å². The molecular weight excluding hydrogens is 218 g/mol. The smallest absolute Gasteiger partial charge is 0.306 e. The van der Waals surface area contributed by atoms with Crippen LogP contribution in [0.4, 0.5) is 0 Å². The van der Waals surface area contributed by atoms with Crippen LogP contribution in [0.15, 0.2) is 0 Å². The van der Waals surface area contributed by atoms with Gasteiger partial charge in [-0.15, -0.1) is 0 Å². The molecular formula is C13H25NO3. The maximum Gasteiger partial charge on any atom is 0.306 e. The second kappa shape index (κ2) is 5.36. The maximum absolute atomic E-state index is 10.8. The first-order valence-corrected chi connectivity index (χ1v) is 6.45. The molecule has 0 saturated heterocycles. The van der Waals surface area contributed by atoms with Gasteiger partial charge >= 0.3 is 5.97 Å². The van der Waals surface area contributed by atoms with Gasteiger partial charge in [-0.05, 0) is 37.0 Å².